The average Bonchev–Trinajstić information content (AvgIpc) is 3.25. The van der Waals surface area contributed by atoms with Crippen LogP contribution in [0.2, 0.25) is 0 Å². The molecule has 8 heteroatoms. The van der Waals surface area contributed by atoms with Crippen LogP contribution in [0.3, 0.4) is 0 Å². The highest BCUT2D eigenvalue weighted by molar-refractivity contribution is 7.92. The van der Waals surface area contributed by atoms with Crippen LogP contribution in [0.15, 0.2) is 66.7 Å². The zero-order chi connectivity index (χ0) is 25.2. The number of amides is 2. The number of sulfonamides is 1. The first-order valence-electron chi connectivity index (χ1n) is 11.5. The number of benzene rings is 3. The summed E-state index contributed by atoms with van der Waals surface area (Å²) in [6.07, 6.45) is 2.62. The third kappa shape index (κ3) is 5.71. The molecule has 7 nitrogen and oxygen atoms in total. The predicted molar refractivity (Wildman–Crippen MR) is 139 cm³/mol. The molecule has 1 aliphatic rings. The second-order valence-corrected chi connectivity index (χ2v) is 10.8. The minimum Gasteiger partial charge on any atom is -0.322 e. The molecule has 1 aliphatic heterocycles. The molecule has 4 rings (SSSR count). The molecule has 0 bridgehead atoms. The minimum absolute atomic E-state index is 0.119. The number of carbonyl (C=O) groups is 2. The van der Waals surface area contributed by atoms with Gasteiger partial charge in [-0.05, 0) is 85.5 Å². The fourth-order valence-corrected chi connectivity index (χ4v) is 4.94. The van der Waals surface area contributed by atoms with Crippen molar-refractivity contribution in [2.45, 2.75) is 33.2 Å². The molecule has 0 aromatic heterocycles. The average molecular weight is 492 g/mol. The van der Waals surface area contributed by atoms with Crippen molar-refractivity contribution in [3.8, 4) is 0 Å². The Kier molecular flexibility index (Phi) is 6.93. The Morgan fingerprint density at radius 1 is 0.971 bits per heavy atom. The third-order valence-corrected chi connectivity index (χ3v) is 7.37. The van der Waals surface area contributed by atoms with Crippen LogP contribution in [0.25, 0.3) is 0 Å². The summed E-state index contributed by atoms with van der Waals surface area (Å²) < 4.78 is 26.3. The number of hydrogen-bond acceptors (Lipinski definition) is 4. The maximum Gasteiger partial charge on any atom is 0.255 e. The zero-order valence-electron chi connectivity index (χ0n) is 20.1. The summed E-state index contributed by atoms with van der Waals surface area (Å²) in [5, 5.41) is 2.86. The number of hydrogen-bond donors (Lipinski definition) is 1. The highest BCUT2D eigenvalue weighted by Crippen LogP contribution is 2.25. The van der Waals surface area contributed by atoms with Gasteiger partial charge in [0.1, 0.15) is 0 Å². The van der Waals surface area contributed by atoms with Crippen molar-refractivity contribution in [2.24, 2.45) is 0 Å². The summed E-state index contributed by atoms with van der Waals surface area (Å²) in [7, 11) is -3.50. The lowest BCUT2D eigenvalue weighted by atomic mass is 10.1. The van der Waals surface area contributed by atoms with E-state index >= 15 is 0 Å². The van der Waals surface area contributed by atoms with E-state index in [-0.39, 0.29) is 18.4 Å². The Morgan fingerprint density at radius 3 is 2.23 bits per heavy atom. The van der Waals surface area contributed by atoms with Gasteiger partial charge in [-0.25, -0.2) is 8.42 Å². The van der Waals surface area contributed by atoms with Crippen LogP contribution in [-0.4, -0.2) is 33.0 Å². The molecule has 3 aromatic carbocycles. The molecule has 0 aliphatic carbocycles. The van der Waals surface area contributed by atoms with Gasteiger partial charge in [0.25, 0.3) is 5.91 Å². The first kappa shape index (κ1) is 24.5. The smallest absolute Gasteiger partial charge is 0.255 e. The molecule has 182 valence electrons. The lowest BCUT2D eigenvalue weighted by Crippen LogP contribution is -2.29. The molecule has 3 aromatic rings. The standard InChI is InChI=1S/C27H29N3O4S/c1-19-6-13-25(17-20(19)2)30(35(3,33)34)18-21-7-9-22(10-8-21)27(32)28-23-11-14-24(15-12-23)29-16-4-5-26(29)31/h6-15,17H,4-5,16,18H2,1-3H3,(H,28,32). The number of nitrogens with one attached hydrogen (secondary N) is 1. The lowest BCUT2D eigenvalue weighted by Gasteiger charge is -2.23. The van der Waals surface area contributed by atoms with Gasteiger partial charge >= 0.3 is 0 Å². The molecule has 0 saturated carbocycles. The maximum atomic E-state index is 12.7. The number of carbonyl (C=O) groups excluding carboxylic acids is 2. The van der Waals surface area contributed by atoms with Gasteiger partial charge in [0, 0.05) is 29.9 Å². The molecule has 1 heterocycles. The first-order valence-corrected chi connectivity index (χ1v) is 13.3. The summed E-state index contributed by atoms with van der Waals surface area (Å²) in [6.45, 7) is 4.82. The van der Waals surface area contributed by atoms with Gasteiger partial charge < -0.3 is 10.2 Å². The molecule has 1 fully saturated rings. The molecule has 0 spiro atoms. The molecule has 0 radical (unpaired) electrons. The Hall–Kier alpha value is -3.65. The van der Waals surface area contributed by atoms with Crippen molar-refractivity contribution < 1.29 is 18.0 Å². The van der Waals surface area contributed by atoms with E-state index in [2.05, 4.69) is 5.32 Å². The summed E-state index contributed by atoms with van der Waals surface area (Å²) in [6, 6.07) is 19.7. The number of rotatable bonds is 7. The number of anilines is 3. The molecule has 35 heavy (non-hydrogen) atoms. The van der Waals surface area contributed by atoms with Crippen LogP contribution in [0.1, 0.15) is 39.9 Å². The SMILES string of the molecule is Cc1ccc(N(Cc2ccc(C(=O)Nc3ccc(N4CCCC4=O)cc3)cc2)S(C)(=O)=O)cc1C. The van der Waals surface area contributed by atoms with Gasteiger partial charge in [0.05, 0.1) is 18.5 Å². The summed E-state index contributed by atoms with van der Waals surface area (Å²) >= 11 is 0. The molecule has 0 unspecified atom stereocenters. The van der Waals surface area contributed by atoms with E-state index in [0.29, 0.717) is 23.4 Å². The molecule has 1 saturated heterocycles. The second kappa shape index (κ2) is 9.92. The molecular formula is C27H29N3O4S. The Bertz CT molecular complexity index is 1350. The van der Waals surface area contributed by atoms with Crippen molar-refractivity contribution in [3.63, 3.8) is 0 Å². The predicted octanol–water partition coefficient (Wildman–Crippen LogP) is 4.65. The van der Waals surface area contributed by atoms with Gasteiger partial charge in [0.2, 0.25) is 15.9 Å². The van der Waals surface area contributed by atoms with Gasteiger partial charge in [-0.2, -0.15) is 0 Å². The zero-order valence-corrected chi connectivity index (χ0v) is 20.9. The summed E-state index contributed by atoms with van der Waals surface area (Å²) in [4.78, 5) is 26.4. The molecular weight excluding hydrogens is 462 g/mol. The number of aryl methyl sites for hydroxylation is 2. The van der Waals surface area contributed by atoms with E-state index in [1.165, 1.54) is 10.6 Å². The highest BCUT2D eigenvalue weighted by atomic mass is 32.2. The number of nitrogens with zero attached hydrogens (tertiary/aromatic N) is 2. The van der Waals surface area contributed by atoms with Crippen molar-refractivity contribution in [1.29, 1.82) is 0 Å². The van der Waals surface area contributed by atoms with E-state index in [0.717, 1.165) is 35.3 Å². The molecule has 0 atom stereocenters. The summed E-state index contributed by atoms with van der Waals surface area (Å²) in [5.74, 6) is -0.149. The monoisotopic (exact) mass is 491 g/mol. The highest BCUT2D eigenvalue weighted by Gasteiger charge is 2.22. The maximum absolute atomic E-state index is 12.7. The van der Waals surface area contributed by atoms with Crippen molar-refractivity contribution >= 4 is 38.9 Å². The second-order valence-electron chi connectivity index (χ2n) is 8.89. The fraction of sp³-hybridized carbons (Fsp3) is 0.259. The van der Waals surface area contributed by atoms with Gasteiger partial charge in [-0.1, -0.05) is 18.2 Å². The molecule has 1 N–H and O–H groups in total. The molecule has 2 amide bonds. The van der Waals surface area contributed by atoms with Crippen LogP contribution in [0.4, 0.5) is 17.1 Å². The van der Waals surface area contributed by atoms with Gasteiger partial charge in [0.15, 0.2) is 0 Å². The lowest BCUT2D eigenvalue weighted by molar-refractivity contribution is -0.117. The van der Waals surface area contributed by atoms with Gasteiger partial charge in [-0.3, -0.25) is 13.9 Å². The first-order chi connectivity index (χ1) is 16.6. The van der Waals surface area contributed by atoms with E-state index in [1.54, 1.807) is 47.4 Å². The van der Waals surface area contributed by atoms with Crippen LogP contribution in [0.5, 0.6) is 0 Å². The van der Waals surface area contributed by atoms with E-state index in [4.69, 9.17) is 0 Å². The quantitative estimate of drug-likeness (QED) is 0.521. The largest absolute Gasteiger partial charge is 0.322 e. The van der Waals surface area contributed by atoms with E-state index in [1.807, 2.05) is 38.1 Å². The normalized spacial score (nSPS) is 13.7. The van der Waals surface area contributed by atoms with Crippen LogP contribution >= 0.6 is 0 Å². The van der Waals surface area contributed by atoms with Crippen molar-refractivity contribution in [3.05, 3.63) is 89.0 Å². The van der Waals surface area contributed by atoms with Crippen molar-refractivity contribution in [2.75, 3.05) is 27.3 Å². The van der Waals surface area contributed by atoms with Gasteiger partial charge in [-0.15, -0.1) is 0 Å². The topological polar surface area (TPSA) is 86.8 Å². The minimum atomic E-state index is -3.50. The van der Waals surface area contributed by atoms with E-state index < -0.39 is 10.0 Å². The third-order valence-electron chi connectivity index (χ3n) is 6.23. The van der Waals surface area contributed by atoms with Crippen LogP contribution in [0, 0.1) is 13.8 Å². The van der Waals surface area contributed by atoms with Crippen LogP contribution < -0.4 is 14.5 Å². The van der Waals surface area contributed by atoms with Crippen molar-refractivity contribution in [1.82, 2.24) is 0 Å². The Morgan fingerprint density at radius 2 is 1.66 bits per heavy atom. The van der Waals surface area contributed by atoms with E-state index in [9.17, 15) is 18.0 Å². The van der Waals surface area contributed by atoms with Crippen LogP contribution in [-0.2, 0) is 21.4 Å². The Balaban J connectivity index is 1.44. The summed E-state index contributed by atoms with van der Waals surface area (Å²) in [5.41, 5.74) is 5.41. The Labute approximate surface area is 206 Å². The fourth-order valence-electron chi connectivity index (χ4n) is 4.06.